The SMILES string of the molecule is CNCc1cccc(C=CC=O)c1. The zero-order chi connectivity index (χ0) is 9.52. The van der Waals surface area contributed by atoms with Crippen LogP contribution in [0.5, 0.6) is 0 Å². The molecule has 0 aromatic heterocycles. The zero-order valence-electron chi connectivity index (χ0n) is 7.66. The molecule has 2 heteroatoms. The Labute approximate surface area is 78.3 Å². The van der Waals surface area contributed by atoms with Crippen molar-refractivity contribution in [3.8, 4) is 0 Å². The highest BCUT2D eigenvalue weighted by Crippen LogP contribution is 2.06. The summed E-state index contributed by atoms with van der Waals surface area (Å²) in [6, 6.07) is 8.06. The van der Waals surface area contributed by atoms with Crippen molar-refractivity contribution in [3.05, 3.63) is 41.5 Å². The van der Waals surface area contributed by atoms with Crippen molar-refractivity contribution < 1.29 is 4.79 Å². The summed E-state index contributed by atoms with van der Waals surface area (Å²) in [6.45, 7) is 0.850. The summed E-state index contributed by atoms with van der Waals surface area (Å²) in [6.07, 6.45) is 4.08. The molecule has 13 heavy (non-hydrogen) atoms. The molecule has 0 aliphatic rings. The van der Waals surface area contributed by atoms with Gasteiger partial charge >= 0.3 is 0 Å². The molecule has 2 nitrogen and oxygen atoms in total. The average Bonchev–Trinajstić information content (AvgIpc) is 2.16. The summed E-state index contributed by atoms with van der Waals surface area (Å²) in [5, 5.41) is 3.07. The van der Waals surface area contributed by atoms with Crippen LogP contribution in [0, 0.1) is 0 Å². The lowest BCUT2D eigenvalue weighted by Gasteiger charge is -2.00. The fourth-order valence-electron chi connectivity index (χ4n) is 1.16. The van der Waals surface area contributed by atoms with E-state index in [1.807, 2.05) is 19.2 Å². The topological polar surface area (TPSA) is 29.1 Å². The molecule has 0 unspecified atom stereocenters. The lowest BCUT2D eigenvalue weighted by molar-refractivity contribution is -0.104. The lowest BCUT2D eigenvalue weighted by Crippen LogP contribution is -2.04. The van der Waals surface area contributed by atoms with Crippen molar-refractivity contribution in [1.29, 1.82) is 0 Å². The summed E-state index contributed by atoms with van der Waals surface area (Å²) in [5.41, 5.74) is 2.27. The van der Waals surface area contributed by atoms with E-state index in [0.717, 1.165) is 18.4 Å². The molecule has 0 fully saturated rings. The van der Waals surface area contributed by atoms with Crippen LogP contribution < -0.4 is 5.32 Å². The molecule has 0 radical (unpaired) electrons. The first-order chi connectivity index (χ1) is 6.36. The number of carbonyl (C=O) groups is 1. The molecule has 0 atom stereocenters. The van der Waals surface area contributed by atoms with Gasteiger partial charge in [0.2, 0.25) is 0 Å². The van der Waals surface area contributed by atoms with Crippen molar-refractivity contribution in [2.75, 3.05) is 7.05 Å². The molecule has 1 aromatic rings. The summed E-state index contributed by atoms with van der Waals surface area (Å²) >= 11 is 0. The van der Waals surface area contributed by atoms with Gasteiger partial charge in [-0.2, -0.15) is 0 Å². The van der Waals surface area contributed by atoms with Gasteiger partial charge in [0, 0.05) is 6.54 Å². The second-order valence-corrected chi connectivity index (χ2v) is 2.77. The number of benzene rings is 1. The van der Waals surface area contributed by atoms with E-state index >= 15 is 0 Å². The summed E-state index contributed by atoms with van der Waals surface area (Å²) in [4.78, 5) is 10.1. The predicted molar refractivity (Wildman–Crippen MR) is 54.3 cm³/mol. The Hall–Kier alpha value is -1.41. The van der Waals surface area contributed by atoms with Crippen molar-refractivity contribution in [1.82, 2.24) is 5.32 Å². The van der Waals surface area contributed by atoms with Gasteiger partial charge in [-0.15, -0.1) is 0 Å². The van der Waals surface area contributed by atoms with E-state index < -0.39 is 0 Å². The highest BCUT2D eigenvalue weighted by atomic mass is 16.1. The van der Waals surface area contributed by atoms with E-state index in [1.165, 1.54) is 11.6 Å². The normalized spacial score (nSPS) is 10.5. The average molecular weight is 175 g/mol. The van der Waals surface area contributed by atoms with Crippen molar-refractivity contribution in [2.24, 2.45) is 0 Å². The molecule has 0 aliphatic carbocycles. The second-order valence-electron chi connectivity index (χ2n) is 2.77. The first kappa shape index (κ1) is 9.68. The third-order valence-corrected chi connectivity index (χ3v) is 1.70. The van der Waals surface area contributed by atoms with Gasteiger partial charge in [-0.3, -0.25) is 4.79 Å². The summed E-state index contributed by atoms with van der Waals surface area (Å²) in [7, 11) is 1.91. The van der Waals surface area contributed by atoms with E-state index in [4.69, 9.17) is 0 Å². The quantitative estimate of drug-likeness (QED) is 0.556. The summed E-state index contributed by atoms with van der Waals surface area (Å²) < 4.78 is 0. The minimum Gasteiger partial charge on any atom is -0.316 e. The first-order valence-corrected chi connectivity index (χ1v) is 4.22. The van der Waals surface area contributed by atoms with Crippen LogP contribution in [-0.2, 0) is 11.3 Å². The summed E-state index contributed by atoms with van der Waals surface area (Å²) in [5.74, 6) is 0. The van der Waals surface area contributed by atoms with Gasteiger partial charge in [0.05, 0.1) is 0 Å². The number of aldehydes is 1. The molecule has 0 bridgehead atoms. The van der Waals surface area contributed by atoms with Crippen LogP contribution in [0.4, 0.5) is 0 Å². The molecule has 0 aliphatic heterocycles. The standard InChI is InChI=1S/C11H13NO/c1-12-9-11-5-2-4-10(8-11)6-3-7-13/h2-8,12H,9H2,1H3. The fraction of sp³-hybridized carbons (Fsp3) is 0.182. The van der Waals surface area contributed by atoms with Gasteiger partial charge in [0.1, 0.15) is 6.29 Å². The molecule has 0 heterocycles. The molecule has 0 amide bonds. The number of allylic oxidation sites excluding steroid dienone is 1. The van der Waals surface area contributed by atoms with E-state index in [9.17, 15) is 4.79 Å². The van der Waals surface area contributed by atoms with Crippen LogP contribution in [0.1, 0.15) is 11.1 Å². The van der Waals surface area contributed by atoms with Crippen LogP contribution in [0.25, 0.3) is 6.08 Å². The molecule has 1 aromatic carbocycles. The largest absolute Gasteiger partial charge is 0.316 e. The number of hydrogen-bond donors (Lipinski definition) is 1. The smallest absolute Gasteiger partial charge is 0.142 e. The van der Waals surface area contributed by atoms with Crippen LogP contribution in [0.2, 0.25) is 0 Å². The Balaban J connectivity index is 2.78. The van der Waals surface area contributed by atoms with Gasteiger partial charge in [0.25, 0.3) is 0 Å². The number of hydrogen-bond acceptors (Lipinski definition) is 2. The van der Waals surface area contributed by atoms with Gasteiger partial charge < -0.3 is 5.32 Å². The van der Waals surface area contributed by atoms with Crippen LogP contribution in [-0.4, -0.2) is 13.3 Å². The molecular formula is C11H13NO. The van der Waals surface area contributed by atoms with E-state index in [2.05, 4.69) is 17.4 Å². The molecule has 0 saturated carbocycles. The number of nitrogens with one attached hydrogen (secondary N) is 1. The van der Waals surface area contributed by atoms with Crippen LogP contribution in [0.15, 0.2) is 30.3 Å². The Bertz CT molecular complexity index is 305. The zero-order valence-corrected chi connectivity index (χ0v) is 7.66. The third kappa shape index (κ3) is 3.22. The molecule has 1 N–H and O–H groups in total. The maximum Gasteiger partial charge on any atom is 0.142 e. The maximum absolute atomic E-state index is 10.1. The number of rotatable bonds is 4. The minimum absolute atomic E-state index is 0.782. The Morgan fingerprint density at radius 2 is 2.31 bits per heavy atom. The maximum atomic E-state index is 10.1. The van der Waals surface area contributed by atoms with Crippen LogP contribution in [0.3, 0.4) is 0 Å². The van der Waals surface area contributed by atoms with Gasteiger partial charge in [-0.25, -0.2) is 0 Å². The lowest BCUT2D eigenvalue weighted by atomic mass is 10.1. The highest BCUT2D eigenvalue weighted by Gasteiger charge is 1.90. The predicted octanol–water partition coefficient (Wildman–Crippen LogP) is 1.62. The second kappa shape index (κ2) is 5.27. The molecule has 0 saturated heterocycles. The number of carbonyl (C=O) groups excluding carboxylic acids is 1. The van der Waals surface area contributed by atoms with Gasteiger partial charge in [-0.1, -0.05) is 30.3 Å². The molecule has 1 rings (SSSR count). The van der Waals surface area contributed by atoms with Crippen molar-refractivity contribution >= 4 is 12.4 Å². The third-order valence-electron chi connectivity index (χ3n) is 1.70. The Morgan fingerprint density at radius 1 is 1.46 bits per heavy atom. The van der Waals surface area contributed by atoms with E-state index in [0.29, 0.717) is 0 Å². The Kier molecular flexibility index (Phi) is 3.93. The van der Waals surface area contributed by atoms with Gasteiger partial charge in [0.15, 0.2) is 0 Å². The van der Waals surface area contributed by atoms with Crippen molar-refractivity contribution in [2.45, 2.75) is 6.54 Å². The molecule has 68 valence electrons. The Morgan fingerprint density at radius 3 is 3.00 bits per heavy atom. The highest BCUT2D eigenvalue weighted by molar-refractivity contribution is 5.73. The minimum atomic E-state index is 0.782. The first-order valence-electron chi connectivity index (χ1n) is 4.22. The molecular weight excluding hydrogens is 162 g/mol. The van der Waals surface area contributed by atoms with E-state index in [-0.39, 0.29) is 0 Å². The fourth-order valence-corrected chi connectivity index (χ4v) is 1.16. The molecule has 0 spiro atoms. The van der Waals surface area contributed by atoms with Crippen molar-refractivity contribution in [3.63, 3.8) is 0 Å². The van der Waals surface area contributed by atoms with Gasteiger partial charge in [-0.05, 0) is 24.3 Å². The van der Waals surface area contributed by atoms with E-state index in [1.54, 1.807) is 6.08 Å². The monoisotopic (exact) mass is 175 g/mol. The van der Waals surface area contributed by atoms with Crippen LogP contribution >= 0.6 is 0 Å².